The first-order chi connectivity index (χ1) is 10.0. The van der Waals surface area contributed by atoms with Gasteiger partial charge in [0.05, 0.1) is 5.39 Å². The number of fused-ring (bicyclic) bond motifs is 1. The minimum absolute atomic E-state index is 0.234. The lowest BCUT2D eigenvalue weighted by Crippen LogP contribution is -1.97. The van der Waals surface area contributed by atoms with E-state index in [1.165, 1.54) is 5.56 Å². The van der Waals surface area contributed by atoms with Crippen molar-refractivity contribution in [2.75, 3.05) is 5.73 Å². The van der Waals surface area contributed by atoms with Crippen LogP contribution in [0.25, 0.3) is 10.2 Å². The molecule has 5 heteroatoms. The van der Waals surface area contributed by atoms with Crippen LogP contribution in [-0.4, -0.2) is 9.97 Å². The molecule has 0 amide bonds. The van der Waals surface area contributed by atoms with E-state index >= 15 is 0 Å². The topological polar surface area (TPSA) is 61.0 Å². The highest BCUT2D eigenvalue weighted by Crippen LogP contribution is 2.33. The first-order valence-corrected chi connectivity index (χ1v) is 7.66. The summed E-state index contributed by atoms with van der Waals surface area (Å²) in [7, 11) is 0. The Labute approximate surface area is 127 Å². The van der Waals surface area contributed by atoms with Crippen molar-refractivity contribution in [3.05, 3.63) is 40.8 Å². The van der Waals surface area contributed by atoms with Crippen LogP contribution in [0.2, 0.25) is 0 Å². The number of ether oxygens (including phenoxy) is 1. The molecule has 0 saturated carbocycles. The second kappa shape index (κ2) is 5.33. The van der Waals surface area contributed by atoms with Crippen LogP contribution in [-0.2, 0) is 0 Å². The standard InChI is InChI=1S/C16H17N3OS/c1-9(2)11-4-6-12(7-5-11)20-14-13-8-10(3)21-15(13)19-16(17)18-14/h4-9H,1-3H3,(H2,17,18,19). The molecular formula is C16H17N3OS. The van der Waals surface area contributed by atoms with Crippen molar-refractivity contribution < 1.29 is 4.74 Å². The Kier molecular flexibility index (Phi) is 3.51. The van der Waals surface area contributed by atoms with Crippen LogP contribution >= 0.6 is 11.3 Å². The van der Waals surface area contributed by atoms with Crippen LogP contribution in [0.4, 0.5) is 5.95 Å². The normalized spacial score (nSPS) is 11.2. The van der Waals surface area contributed by atoms with Gasteiger partial charge in [0.25, 0.3) is 0 Å². The Morgan fingerprint density at radius 2 is 1.86 bits per heavy atom. The van der Waals surface area contributed by atoms with Gasteiger partial charge in [-0.15, -0.1) is 11.3 Å². The Morgan fingerprint density at radius 3 is 2.52 bits per heavy atom. The third-order valence-electron chi connectivity index (χ3n) is 3.26. The third kappa shape index (κ3) is 2.83. The molecule has 1 aromatic carbocycles. The fourth-order valence-corrected chi connectivity index (χ4v) is 3.02. The number of nitrogens with two attached hydrogens (primary N) is 1. The molecule has 2 N–H and O–H groups in total. The molecule has 0 saturated heterocycles. The van der Waals surface area contributed by atoms with E-state index < -0.39 is 0 Å². The number of nitrogen functional groups attached to an aromatic ring is 1. The van der Waals surface area contributed by atoms with Crippen molar-refractivity contribution in [1.29, 1.82) is 0 Å². The van der Waals surface area contributed by atoms with Crippen LogP contribution in [0.5, 0.6) is 11.6 Å². The maximum Gasteiger partial charge on any atom is 0.232 e. The Balaban J connectivity index is 1.97. The summed E-state index contributed by atoms with van der Waals surface area (Å²) in [5, 5.41) is 0.902. The summed E-state index contributed by atoms with van der Waals surface area (Å²) in [5.74, 6) is 2.00. The lowest BCUT2D eigenvalue weighted by Gasteiger charge is -2.09. The molecule has 0 fully saturated rings. The molecule has 2 aromatic heterocycles. The number of rotatable bonds is 3. The number of aryl methyl sites for hydroxylation is 1. The maximum absolute atomic E-state index is 5.90. The van der Waals surface area contributed by atoms with Gasteiger partial charge in [-0.1, -0.05) is 26.0 Å². The summed E-state index contributed by atoms with van der Waals surface area (Å²) in [6.45, 7) is 6.36. The lowest BCUT2D eigenvalue weighted by molar-refractivity contribution is 0.469. The van der Waals surface area contributed by atoms with Gasteiger partial charge in [-0.2, -0.15) is 4.98 Å². The van der Waals surface area contributed by atoms with Gasteiger partial charge in [-0.3, -0.25) is 0 Å². The Bertz CT molecular complexity index is 778. The zero-order valence-corrected chi connectivity index (χ0v) is 13.1. The molecule has 0 aliphatic rings. The molecule has 0 unspecified atom stereocenters. The van der Waals surface area contributed by atoms with Crippen LogP contribution < -0.4 is 10.5 Å². The highest BCUT2D eigenvalue weighted by Gasteiger charge is 2.11. The lowest BCUT2D eigenvalue weighted by atomic mass is 10.0. The molecule has 0 spiro atoms. The maximum atomic E-state index is 5.90. The number of aromatic nitrogens is 2. The average molecular weight is 299 g/mol. The highest BCUT2D eigenvalue weighted by molar-refractivity contribution is 7.18. The van der Waals surface area contributed by atoms with Gasteiger partial charge < -0.3 is 10.5 Å². The summed E-state index contributed by atoms with van der Waals surface area (Å²) in [4.78, 5) is 10.5. The summed E-state index contributed by atoms with van der Waals surface area (Å²) < 4.78 is 5.90. The Hall–Kier alpha value is -2.14. The minimum Gasteiger partial charge on any atom is -0.438 e. The molecule has 2 heterocycles. The Morgan fingerprint density at radius 1 is 1.14 bits per heavy atom. The predicted molar refractivity (Wildman–Crippen MR) is 87.2 cm³/mol. The SMILES string of the molecule is Cc1cc2c(Oc3ccc(C(C)C)cc3)nc(N)nc2s1. The van der Waals surface area contributed by atoms with Crippen molar-refractivity contribution in [2.45, 2.75) is 26.7 Å². The van der Waals surface area contributed by atoms with Crippen molar-refractivity contribution in [3.63, 3.8) is 0 Å². The molecule has 0 aliphatic heterocycles. The monoisotopic (exact) mass is 299 g/mol. The zero-order chi connectivity index (χ0) is 15.0. The van der Waals surface area contributed by atoms with E-state index in [1.54, 1.807) is 11.3 Å². The van der Waals surface area contributed by atoms with Gasteiger partial charge in [0, 0.05) is 4.88 Å². The molecule has 21 heavy (non-hydrogen) atoms. The number of nitrogens with zero attached hydrogens (tertiary/aromatic N) is 2. The zero-order valence-electron chi connectivity index (χ0n) is 12.3. The summed E-state index contributed by atoms with van der Waals surface area (Å²) in [5.41, 5.74) is 7.03. The molecule has 0 bridgehead atoms. The van der Waals surface area contributed by atoms with Gasteiger partial charge in [0.2, 0.25) is 11.8 Å². The van der Waals surface area contributed by atoms with Gasteiger partial charge >= 0.3 is 0 Å². The molecule has 0 radical (unpaired) electrons. The summed E-state index contributed by atoms with van der Waals surface area (Å²) in [6, 6.07) is 10.1. The highest BCUT2D eigenvalue weighted by atomic mass is 32.1. The van der Waals surface area contributed by atoms with Crippen molar-refractivity contribution >= 4 is 27.5 Å². The third-order valence-corrected chi connectivity index (χ3v) is 4.20. The fourth-order valence-electron chi connectivity index (χ4n) is 2.14. The second-order valence-electron chi connectivity index (χ2n) is 5.29. The molecule has 0 aliphatic carbocycles. The van der Waals surface area contributed by atoms with Crippen LogP contribution in [0.15, 0.2) is 30.3 Å². The van der Waals surface area contributed by atoms with Crippen molar-refractivity contribution in [1.82, 2.24) is 9.97 Å². The van der Waals surface area contributed by atoms with E-state index in [1.807, 2.05) is 25.1 Å². The van der Waals surface area contributed by atoms with Crippen molar-refractivity contribution in [2.24, 2.45) is 0 Å². The smallest absolute Gasteiger partial charge is 0.232 e. The first-order valence-electron chi connectivity index (χ1n) is 6.84. The van der Waals surface area contributed by atoms with E-state index in [-0.39, 0.29) is 5.95 Å². The van der Waals surface area contributed by atoms with E-state index in [0.717, 1.165) is 20.8 Å². The molecule has 4 nitrogen and oxygen atoms in total. The quantitative estimate of drug-likeness (QED) is 0.773. The van der Waals surface area contributed by atoms with E-state index in [9.17, 15) is 0 Å². The predicted octanol–water partition coefficient (Wildman–Crippen LogP) is 4.50. The van der Waals surface area contributed by atoms with E-state index in [0.29, 0.717) is 11.8 Å². The number of hydrogen-bond donors (Lipinski definition) is 1. The van der Waals surface area contributed by atoms with Gasteiger partial charge in [-0.05, 0) is 36.6 Å². The summed E-state index contributed by atoms with van der Waals surface area (Å²) >= 11 is 1.59. The first kappa shape index (κ1) is 13.8. The van der Waals surface area contributed by atoms with E-state index in [4.69, 9.17) is 10.5 Å². The van der Waals surface area contributed by atoms with Gasteiger partial charge in [0.15, 0.2) is 0 Å². The van der Waals surface area contributed by atoms with Gasteiger partial charge in [0.1, 0.15) is 10.6 Å². The fraction of sp³-hybridized carbons (Fsp3) is 0.250. The number of hydrogen-bond acceptors (Lipinski definition) is 5. The second-order valence-corrected chi connectivity index (χ2v) is 6.52. The number of benzene rings is 1. The molecule has 3 aromatic rings. The van der Waals surface area contributed by atoms with E-state index in [2.05, 4.69) is 35.9 Å². The molecule has 0 atom stereocenters. The number of anilines is 1. The molecule has 108 valence electrons. The molecule has 3 rings (SSSR count). The van der Waals surface area contributed by atoms with Crippen molar-refractivity contribution in [3.8, 4) is 11.6 Å². The van der Waals surface area contributed by atoms with Crippen LogP contribution in [0, 0.1) is 6.92 Å². The van der Waals surface area contributed by atoms with Gasteiger partial charge in [-0.25, -0.2) is 4.98 Å². The summed E-state index contributed by atoms with van der Waals surface area (Å²) in [6.07, 6.45) is 0. The number of thiophene rings is 1. The largest absolute Gasteiger partial charge is 0.438 e. The van der Waals surface area contributed by atoms with Crippen LogP contribution in [0.1, 0.15) is 30.2 Å². The molecular weight excluding hydrogens is 282 g/mol. The average Bonchev–Trinajstić information content (AvgIpc) is 2.79. The van der Waals surface area contributed by atoms with Crippen LogP contribution in [0.3, 0.4) is 0 Å². The minimum atomic E-state index is 0.234.